The number of hydrogen-bond acceptors (Lipinski definition) is 8. The lowest BCUT2D eigenvalue weighted by molar-refractivity contribution is -0.145. The van der Waals surface area contributed by atoms with Gasteiger partial charge in [-0.25, -0.2) is 5.01 Å². The maximum Gasteiger partial charge on any atom is 0.315 e. The Hall–Kier alpha value is -3.90. The molecular weight excluding hydrogens is 508 g/mol. The summed E-state index contributed by atoms with van der Waals surface area (Å²) in [5.74, 6) is -1.22. The van der Waals surface area contributed by atoms with E-state index in [0.29, 0.717) is 37.4 Å². The second-order valence-electron chi connectivity index (χ2n) is 9.33. The number of benzene rings is 2. The predicted molar refractivity (Wildman–Crippen MR) is 142 cm³/mol. The molecule has 3 aromatic rings. The molecule has 1 aliphatic rings. The van der Waals surface area contributed by atoms with E-state index in [0.717, 1.165) is 12.1 Å². The molecule has 12 heteroatoms. The lowest BCUT2D eigenvalue weighted by Gasteiger charge is -2.32. The molecule has 2 amide bonds. The summed E-state index contributed by atoms with van der Waals surface area (Å²) in [6.07, 6.45) is -2.89. The molecule has 39 heavy (non-hydrogen) atoms. The summed E-state index contributed by atoms with van der Waals surface area (Å²) in [7, 11) is 1.72. The van der Waals surface area contributed by atoms with Crippen molar-refractivity contribution in [3.63, 3.8) is 0 Å². The zero-order chi connectivity index (χ0) is 27.9. The fourth-order valence-corrected chi connectivity index (χ4v) is 4.40. The van der Waals surface area contributed by atoms with E-state index in [1.165, 1.54) is 11.1 Å². The third-order valence-corrected chi connectivity index (χ3v) is 6.58. The Morgan fingerprint density at radius 2 is 1.82 bits per heavy atom. The number of nitrogens with one attached hydrogen (secondary N) is 2. The van der Waals surface area contributed by atoms with Gasteiger partial charge in [0.25, 0.3) is 11.8 Å². The van der Waals surface area contributed by atoms with Gasteiger partial charge < -0.3 is 20.1 Å². The number of rotatable bonds is 12. The number of fused-ring (bicyclic) bond motifs is 1. The lowest BCUT2D eigenvalue weighted by Crippen LogP contribution is -2.48. The van der Waals surface area contributed by atoms with Gasteiger partial charge in [-0.15, -0.1) is 0 Å². The van der Waals surface area contributed by atoms with Crippen LogP contribution in [0.15, 0.2) is 47.0 Å². The maximum atomic E-state index is 13.5. The number of likely N-dealkylation sites (N-methyl/N-ethyl adjacent to an activating group) is 2. The van der Waals surface area contributed by atoms with Crippen LogP contribution >= 0.6 is 0 Å². The van der Waals surface area contributed by atoms with Crippen molar-refractivity contribution in [1.82, 2.24) is 30.8 Å². The number of carbonyl (C=O) groups is 2. The third-order valence-electron chi connectivity index (χ3n) is 6.58. The van der Waals surface area contributed by atoms with Crippen LogP contribution in [-0.4, -0.2) is 71.7 Å². The highest BCUT2D eigenvalue weighted by Gasteiger charge is 2.27. The van der Waals surface area contributed by atoms with Crippen molar-refractivity contribution in [3.05, 3.63) is 65.0 Å². The predicted octanol–water partition coefficient (Wildman–Crippen LogP) is 2.90. The quantitative estimate of drug-likeness (QED) is 0.337. The number of carbonyl (C=O) groups excluding carboxylic acids is 2. The summed E-state index contributed by atoms with van der Waals surface area (Å²) < 4.78 is 30.7. The topological polar surface area (TPSA) is 107 Å². The molecule has 0 spiro atoms. The molecule has 208 valence electrons. The molecule has 4 rings (SSSR count). The van der Waals surface area contributed by atoms with Crippen LogP contribution in [0, 0.1) is 6.92 Å². The highest BCUT2D eigenvalue weighted by atomic mass is 19.3. The molecule has 2 N–H and O–H groups in total. The smallest absolute Gasteiger partial charge is 0.315 e. The molecular formula is C27H33F2N7O3. The van der Waals surface area contributed by atoms with Crippen molar-refractivity contribution in [2.24, 2.45) is 0 Å². The van der Waals surface area contributed by atoms with Gasteiger partial charge >= 0.3 is 6.43 Å². The van der Waals surface area contributed by atoms with E-state index in [4.69, 9.17) is 0 Å². The molecule has 0 aliphatic carbocycles. The lowest BCUT2D eigenvalue weighted by atomic mass is 10.1. The van der Waals surface area contributed by atoms with Crippen molar-refractivity contribution in [2.75, 3.05) is 44.7 Å². The van der Waals surface area contributed by atoms with Crippen LogP contribution in [0.1, 0.15) is 35.9 Å². The second-order valence-corrected chi connectivity index (χ2v) is 9.33. The number of hydrazine groups is 1. The van der Waals surface area contributed by atoms with E-state index in [2.05, 4.69) is 25.3 Å². The van der Waals surface area contributed by atoms with Gasteiger partial charge in [-0.3, -0.25) is 14.6 Å². The SMILES string of the molecule is CCNCCNC(=O)CN(CC(=O)N(C)N1Cc2ccccc2C1)c1cc(-c2noc(C(F)F)n2)ccc1C. The van der Waals surface area contributed by atoms with E-state index < -0.39 is 12.3 Å². The molecule has 1 aliphatic heterocycles. The average Bonchev–Trinajstić information content (AvgIpc) is 3.58. The number of alkyl halides is 2. The first kappa shape index (κ1) is 28.1. The van der Waals surface area contributed by atoms with Crippen molar-refractivity contribution in [3.8, 4) is 11.4 Å². The summed E-state index contributed by atoms with van der Waals surface area (Å²) in [5.41, 5.74) is 4.14. The van der Waals surface area contributed by atoms with Crippen molar-refractivity contribution >= 4 is 17.5 Å². The number of aromatic nitrogens is 2. The molecule has 0 fully saturated rings. The Labute approximate surface area is 225 Å². The molecule has 0 bridgehead atoms. The summed E-state index contributed by atoms with van der Waals surface area (Å²) in [5, 5.41) is 13.2. The monoisotopic (exact) mass is 541 g/mol. The molecule has 0 unspecified atom stereocenters. The number of anilines is 1. The molecule has 0 atom stereocenters. The van der Waals surface area contributed by atoms with Gasteiger partial charge in [-0.05, 0) is 36.2 Å². The molecule has 0 saturated carbocycles. The summed E-state index contributed by atoms with van der Waals surface area (Å²) in [6, 6.07) is 13.2. The van der Waals surface area contributed by atoms with Crippen LogP contribution < -0.4 is 15.5 Å². The van der Waals surface area contributed by atoms with Gasteiger partial charge in [0.05, 0.1) is 13.1 Å². The van der Waals surface area contributed by atoms with Gasteiger partial charge in [0, 0.05) is 44.5 Å². The first-order valence-corrected chi connectivity index (χ1v) is 12.8. The fourth-order valence-electron chi connectivity index (χ4n) is 4.40. The minimum atomic E-state index is -2.89. The minimum absolute atomic E-state index is 0.000123. The van der Waals surface area contributed by atoms with Crippen LogP contribution in [0.5, 0.6) is 0 Å². The number of nitrogens with zero attached hydrogens (tertiary/aromatic N) is 5. The Bertz CT molecular complexity index is 1270. The summed E-state index contributed by atoms with van der Waals surface area (Å²) in [4.78, 5) is 31.8. The van der Waals surface area contributed by atoms with Gasteiger partial charge in [0.15, 0.2) is 0 Å². The molecule has 0 saturated heterocycles. The van der Waals surface area contributed by atoms with Crippen LogP contribution in [0.3, 0.4) is 0 Å². The number of hydrogen-bond donors (Lipinski definition) is 2. The van der Waals surface area contributed by atoms with Crippen molar-refractivity contribution < 1.29 is 22.9 Å². The van der Waals surface area contributed by atoms with E-state index in [1.54, 1.807) is 35.2 Å². The fraction of sp³-hybridized carbons (Fsp3) is 0.407. The van der Waals surface area contributed by atoms with E-state index in [1.807, 2.05) is 43.1 Å². The number of aryl methyl sites for hydroxylation is 1. The number of halogens is 2. The van der Waals surface area contributed by atoms with Gasteiger partial charge in [-0.2, -0.15) is 13.8 Å². The molecule has 2 aromatic carbocycles. The normalized spacial score (nSPS) is 13.0. The molecule has 2 heterocycles. The second kappa shape index (κ2) is 12.8. The van der Waals surface area contributed by atoms with Crippen LogP contribution in [-0.2, 0) is 22.7 Å². The van der Waals surface area contributed by atoms with Gasteiger partial charge in [0.2, 0.25) is 11.7 Å². The van der Waals surface area contributed by atoms with Crippen LogP contribution in [0.2, 0.25) is 0 Å². The minimum Gasteiger partial charge on any atom is -0.353 e. The van der Waals surface area contributed by atoms with Gasteiger partial charge in [0.1, 0.15) is 0 Å². The zero-order valence-electron chi connectivity index (χ0n) is 22.3. The third kappa shape index (κ3) is 6.95. The first-order valence-electron chi connectivity index (χ1n) is 12.8. The van der Waals surface area contributed by atoms with Crippen LogP contribution in [0.25, 0.3) is 11.4 Å². The number of amides is 2. The largest absolute Gasteiger partial charge is 0.353 e. The van der Waals surface area contributed by atoms with Crippen molar-refractivity contribution in [1.29, 1.82) is 0 Å². The maximum absolute atomic E-state index is 13.5. The Balaban J connectivity index is 1.55. The van der Waals surface area contributed by atoms with E-state index in [-0.39, 0.29) is 30.7 Å². The standard InChI is InChI=1S/C27H33F2N7O3/c1-4-30-11-12-31-23(37)16-35(17-24(38)34(3)36-14-20-7-5-6-8-21(20)15-36)22-13-19(10-9-18(22)2)26-32-27(25(28)29)39-33-26/h5-10,13,25,30H,4,11-12,14-17H2,1-3H3,(H,31,37). The molecule has 10 nitrogen and oxygen atoms in total. The Morgan fingerprint density at radius 3 is 2.46 bits per heavy atom. The van der Waals surface area contributed by atoms with Crippen molar-refractivity contribution in [2.45, 2.75) is 33.4 Å². The van der Waals surface area contributed by atoms with Gasteiger partial charge in [-0.1, -0.05) is 48.5 Å². The zero-order valence-corrected chi connectivity index (χ0v) is 22.3. The Morgan fingerprint density at radius 1 is 1.10 bits per heavy atom. The van der Waals surface area contributed by atoms with Crippen LogP contribution in [0.4, 0.5) is 14.5 Å². The molecule has 0 radical (unpaired) electrons. The average molecular weight is 542 g/mol. The highest BCUT2D eigenvalue weighted by molar-refractivity contribution is 5.87. The first-order chi connectivity index (χ1) is 18.8. The summed E-state index contributed by atoms with van der Waals surface area (Å²) >= 11 is 0. The van der Waals surface area contributed by atoms with E-state index in [9.17, 15) is 18.4 Å². The Kier molecular flexibility index (Phi) is 9.20. The summed E-state index contributed by atoms with van der Waals surface area (Å²) in [6.45, 7) is 6.75. The molecule has 1 aromatic heterocycles. The highest BCUT2D eigenvalue weighted by Crippen LogP contribution is 2.29. The van der Waals surface area contributed by atoms with E-state index >= 15 is 0 Å².